The molecule has 3 rings (SSSR count). The molecule has 1 fully saturated rings. The summed E-state index contributed by atoms with van der Waals surface area (Å²) in [5.74, 6) is 0.188. The molecule has 1 aliphatic rings. The van der Waals surface area contributed by atoms with Crippen LogP contribution in [0.5, 0.6) is 0 Å². The van der Waals surface area contributed by atoms with Crippen LogP contribution >= 0.6 is 0 Å². The second-order valence-electron chi connectivity index (χ2n) is 5.62. The Balaban J connectivity index is 1.74. The normalized spacial score (nSPS) is 15.2. The van der Waals surface area contributed by atoms with Crippen LogP contribution in [0.15, 0.2) is 30.3 Å². The van der Waals surface area contributed by atoms with E-state index in [0.717, 1.165) is 48.2 Å². The average molecular weight is 283 g/mol. The number of hydrogen-bond donors (Lipinski definition) is 1. The van der Waals surface area contributed by atoms with E-state index in [-0.39, 0.29) is 5.91 Å². The van der Waals surface area contributed by atoms with Gasteiger partial charge in [-0.3, -0.25) is 9.78 Å². The van der Waals surface area contributed by atoms with Crippen molar-refractivity contribution in [2.75, 3.05) is 25.0 Å². The lowest BCUT2D eigenvalue weighted by Gasteiger charge is -2.27. The van der Waals surface area contributed by atoms with E-state index >= 15 is 0 Å². The van der Waals surface area contributed by atoms with Crippen molar-refractivity contribution in [2.24, 2.45) is 0 Å². The number of carbonyl (C=O) groups is 1. The Bertz CT molecular complexity index is 648. The van der Waals surface area contributed by atoms with Gasteiger partial charge in [-0.15, -0.1) is 0 Å². The maximum Gasteiger partial charge on any atom is 0.241 e. The monoisotopic (exact) mass is 283 g/mol. The lowest BCUT2D eigenvalue weighted by Crippen LogP contribution is -2.39. The number of aryl methyl sites for hydroxylation is 1. The molecule has 0 radical (unpaired) electrons. The van der Waals surface area contributed by atoms with Crippen LogP contribution in [0.3, 0.4) is 0 Å². The fourth-order valence-corrected chi connectivity index (χ4v) is 2.88. The molecule has 0 unspecified atom stereocenters. The van der Waals surface area contributed by atoms with Crippen LogP contribution in [0.25, 0.3) is 10.9 Å². The minimum Gasteiger partial charge on any atom is -0.376 e. The van der Waals surface area contributed by atoms with Gasteiger partial charge in [-0.25, -0.2) is 0 Å². The number of nitrogens with zero attached hydrogens (tertiary/aromatic N) is 2. The number of rotatable bonds is 3. The summed E-state index contributed by atoms with van der Waals surface area (Å²) >= 11 is 0. The zero-order valence-corrected chi connectivity index (χ0v) is 12.4. The number of hydrogen-bond acceptors (Lipinski definition) is 3. The highest BCUT2D eigenvalue weighted by Crippen LogP contribution is 2.22. The number of pyridine rings is 1. The number of likely N-dealkylation sites (tertiary alicyclic amines) is 1. The lowest BCUT2D eigenvalue weighted by atomic mass is 10.1. The van der Waals surface area contributed by atoms with Gasteiger partial charge in [0.2, 0.25) is 5.91 Å². The van der Waals surface area contributed by atoms with Crippen LogP contribution in [0.4, 0.5) is 5.69 Å². The third kappa shape index (κ3) is 3.15. The maximum absolute atomic E-state index is 12.2. The first-order valence-electron chi connectivity index (χ1n) is 7.62. The number of piperidine rings is 1. The first kappa shape index (κ1) is 13.9. The van der Waals surface area contributed by atoms with E-state index in [4.69, 9.17) is 0 Å². The van der Waals surface area contributed by atoms with Crippen molar-refractivity contribution >= 4 is 22.5 Å². The topological polar surface area (TPSA) is 45.2 Å². The third-order valence-electron chi connectivity index (χ3n) is 3.98. The predicted octanol–water partition coefficient (Wildman–Crippen LogP) is 2.97. The van der Waals surface area contributed by atoms with Crippen LogP contribution in [0.2, 0.25) is 0 Å². The molecule has 1 aromatic carbocycles. The Morgan fingerprint density at radius 3 is 2.81 bits per heavy atom. The first-order valence-corrected chi connectivity index (χ1v) is 7.62. The molecule has 110 valence electrons. The largest absolute Gasteiger partial charge is 0.376 e. The highest BCUT2D eigenvalue weighted by molar-refractivity contribution is 5.93. The maximum atomic E-state index is 12.2. The van der Waals surface area contributed by atoms with Crippen molar-refractivity contribution in [3.63, 3.8) is 0 Å². The second-order valence-corrected chi connectivity index (χ2v) is 5.62. The molecule has 1 amide bonds. The number of fused-ring (bicyclic) bond motifs is 1. The van der Waals surface area contributed by atoms with Gasteiger partial charge in [0.25, 0.3) is 0 Å². The van der Waals surface area contributed by atoms with E-state index in [2.05, 4.69) is 10.3 Å². The Morgan fingerprint density at radius 1 is 1.24 bits per heavy atom. The molecular formula is C17H21N3O. The molecule has 2 heterocycles. The van der Waals surface area contributed by atoms with Crippen molar-refractivity contribution in [1.29, 1.82) is 0 Å². The summed E-state index contributed by atoms with van der Waals surface area (Å²) < 4.78 is 0. The molecule has 21 heavy (non-hydrogen) atoms. The van der Waals surface area contributed by atoms with Gasteiger partial charge in [-0.2, -0.15) is 0 Å². The van der Waals surface area contributed by atoms with Crippen molar-refractivity contribution in [3.8, 4) is 0 Å². The summed E-state index contributed by atoms with van der Waals surface area (Å²) in [6.07, 6.45) is 3.50. The SMILES string of the molecule is Cc1cc(NCC(=O)N2CCCCC2)c2ccccc2n1. The molecule has 1 aliphatic heterocycles. The Kier molecular flexibility index (Phi) is 4.04. The highest BCUT2D eigenvalue weighted by Gasteiger charge is 2.16. The number of para-hydroxylation sites is 1. The molecule has 0 atom stereocenters. The predicted molar refractivity (Wildman–Crippen MR) is 85.4 cm³/mol. The van der Waals surface area contributed by atoms with Gasteiger partial charge in [-0.1, -0.05) is 18.2 Å². The van der Waals surface area contributed by atoms with Gasteiger partial charge < -0.3 is 10.2 Å². The summed E-state index contributed by atoms with van der Waals surface area (Å²) in [7, 11) is 0. The number of benzene rings is 1. The first-order chi connectivity index (χ1) is 10.2. The fourth-order valence-electron chi connectivity index (χ4n) is 2.88. The number of carbonyl (C=O) groups excluding carboxylic acids is 1. The van der Waals surface area contributed by atoms with Crippen LogP contribution in [-0.4, -0.2) is 35.4 Å². The van der Waals surface area contributed by atoms with Crippen molar-refractivity contribution in [2.45, 2.75) is 26.2 Å². The van der Waals surface area contributed by atoms with Crippen LogP contribution in [-0.2, 0) is 4.79 Å². The smallest absolute Gasteiger partial charge is 0.241 e. The highest BCUT2D eigenvalue weighted by atomic mass is 16.2. The molecule has 2 aromatic rings. The van der Waals surface area contributed by atoms with Gasteiger partial charge in [-0.05, 0) is 38.3 Å². The number of anilines is 1. The molecule has 1 aromatic heterocycles. The van der Waals surface area contributed by atoms with E-state index in [1.807, 2.05) is 42.2 Å². The number of nitrogens with one attached hydrogen (secondary N) is 1. The Hall–Kier alpha value is -2.10. The summed E-state index contributed by atoms with van der Waals surface area (Å²) in [4.78, 5) is 18.7. The van der Waals surface area contributed by atoms with E-state index in [1.165, 1.54) is 6.42 Å². The minimum atomic E-state index is 0.188. The van der Waals surface area contributed by atoms with Crippen molar-refractivity contribution < 1.29 is 4.79 Å². The fraction of sp³-hybridized carbons (Fsp3) is 0.412. The van der Waals surface area contributed by atoms with Crippen molar-refractivity contribution in [3.05, 3.63) is 36.0 Å². The van der Waals surface area contributed by atoms with Crippen LogP contribution in [0, 0.1) is 6.92 Å². The van der Waals surface area contributed by atoms with Gasteiger partial charge in [0.15, 0.2) is 0 Å². The third-order valence-corrected chi connectivity index (χ3v) is 3.98. The molecule has 4 nitrogen and oxygen atoms in total. The van der Waals surface area contributed by atoms with E-state index < -0.39 is 0 Å². The second kappa shape index (κ2) is 6.12. The molecule has 4 heteroatoms. The zero-order chi connectivity index (χ0) is 14.7. The summed E-state index contributed by atoms with van der Waals surface area (Å²) in [6, 6.07) is 10.0. The average Bonchev–Trinajstić information content (AvgIpc) is 2.53. The zero-order valence-electron chi connectivity index (χ0n) is 12.4. The van der Waals surface area contributed by atoms with Gasteiger partial charge in [0.05, 0.1) is 12.1 Å². The van der Waals surface area contributed by atoms with Crippen LogP contribution < -0.4 is 5.32 Å². The van der Waals surface area contributed by atoms with Crippen molar-refractivity contribution in [1.82, 2.24) is 9.88 Å². The van der Waals surface area contributed by atoms with Gasteiger partial charge in [0.1, 0.15) is 0 Å². The molecule has 0 bridgehead atoms. The quantitative estimate of drug-likeness (QED) is 0.942. The summed E-state index contributed by atoms with van der Waals surface area (Å²) in [5.41, 5.74) is 2.91. The number of amides is 1. The van der Waals surface area contributed by atoms with E-state index in [0.29, 0.717) is 6.54 Å². The molecule has 0 saturated carbocycles. The van der Waals surface area contributed by atoms with Gasteiger partial charge >= 0.3 is 0 Å². The van der Waals surface area contributed by atoms with E-state index in [9.17, 15) is 4.79 Å². The molecule has 0 spiro atoms. The number of aromatic nitrogens is 1. The minimum absolute atomic E-state index is 0.188. The Morgan fingerprint density at radius 2 is 2.00 bits per heavy atom. The molecule has 0 aliphatic carbocycles. The molecular weight excluding hydrogens is 262 g/mol. The molecule has 1 N–H and O–H groups in total. The summed E-state index contributed by atoms with van der Waals surface area (Å²) in [5, 5.41) is 4.36. The Labute approximate surface area is 125 Å². The summed E-state index contributed by atoms with van der Waals surface area (Å²) in [6.45, 7) is 4.13. The van der Waals surface area contributed by atoms with E-state index in [1.54, 1.807) is 0 Å². The standard InChI is InChI=1S/C17H21N3O/c1-13-11-16(14-7-3-4-8-15(14)19-13)18-12-17(21)20-9-5-2-6-10-20/h3-4,7-8,11H,2,5-6,9-10,12H2,1H3,(H,18,19). The lowest BCUT2D eigenvalue weighted by molar-refractivity contribution is -0.130. The molecule has 1 saturated heterocycles. The van der Waals surface area contributed by atoms with Crippen LogP contribution in [0.1, 0.15) is 25.0 Å². The van der Waals surface area contributed by atoms with Gasteiger partial charge in [0, 0.05) is 29.9 Å².